The van der Waals surface area contributed by atoms with E-state index in [0.717, 1.165) is 16.0 Å². The Morgan fingerprint density at radius 1 is 1.03 bits per heavy atom. The number of benzene rings is 2. The van der Waals surface area contributed by atoms with Gasteiger partial charge in [0.15, 0.2) is 0 Å². The van der Waals surface area contributed by atoms with E-state index in [0.29, 0.717) is 17.0 Å². The summed E-state index contributed by atoms with van der Waals surface area (Å²) in [5.74, 6) is -0.790. The van der Waals surface area contributed by atoms with Gasteiger partial charge in [0.1, 0.15) is 23.4 Å². The smallest absolute Gasteiger partial charge is 0.408 e. The Kier molecular flexibility index (Phi) is 9.73. The van der Waals surface area contributed by atoms with Gasteiger partial charge in [0, 0.05) is 11.7 Å². The molecule has 2 rings (SSSR count). The van der Waals surface area contributed by atoms with Crippen molar-refractivity contribution >= 4 is 23.6 Å². The van der Waals surface area contributed by atoms with Crippen LogP contribution < -0.4 is 15.4 Å². The topological polar surface area (TPSA) is 97.0 Å². The van der Waals surface area contributed by atoms with Crippen LogP contribution in [-0.4, -0.2) is 41.6 Å². The minimum atomic E-state index is -1.15. The lowest BCUT2D eigenvalue weighted by atomic mass is 9.94. The number of carbonyl (C=O) groups is 3. The van der Waals surface area contributed by atoms with E-state index in [1.807, 2.05) is 26.0 Å². The number of alkyl carbamates (subject to hydrolysis) is 1. The lowest BCUT2D eigenvalue weighted by molar-refractivity contribution is -0.137. The minimum Gasteiger partial charge on any atom is -0.497 e. The average Bonchev–Trinajstić information content (AvgIpc) is 2.81. The third-order valence-electron chi connectivity index (χ3n) is 5.79. The van der Waals surface area contributed by atoms with Gasteiger partial charge in [0.05, 0.1) is 7.11 Å². The summed E-state index contributed by atoms with van der Waals surface area (Å²) in [4.78, 5) is 41.0. The summed E-state index contributed by atoms with van der Waals surface area (Å²) in [5, 5.41) is 5.48. The van der Waals surface area contributed by atoms with E-state index in [1.165, 1.54) is 0 Å². The van der Waals surface area contributed by atoms with Crippen LogP contribution in [0.1, 0.15) is 57.4 Å². The molecule has 2 N–H and O–H groups in total. The Balaban J connectivity index is 2.49. The fourth-order valence-corrected chi connectivity index (χ4v) is 3.72. The number of rotatable bonds is 8. The zero-order valence-electron chi connectivity index (χ0n) is 22.8. The van der Waals surface area contributed by atoms with Gasteiger partial charge >= 0.3 is 6.09 Å². The molecule has 2 atom stereocenters. The lowest BCUT2D eigenvalue weighted by Gasteiger charge is -2.32. The van der Waals surface area contributed by atoms with E-state index in [4.69, 9.17) is 15.9 Å². The summed E-state index contributed by atoms with van der Waals surface area (Å²) in [5.41, 5.74) is 2.11. The monoisotopic (exact) mass is 507 g/mol. The molecule has 0 aliphatic heterocycles. The Morgan fingerprint density at radius 2 is 1.65 bits per heavy atom. The highest BCUT2D eigenvalue weighted by molar-refractivity contribution is 6.00. The number of hydrogen-bond acceptors (Lipinski definition) is 5. The number of terminal acetylenes is 1. The second kappa shape index (κ2) is 12.3. The van der Waals surface area contributed by atoms with E-state index < -0.39 is 35.6 Å². The Bertz CT molecular complexity index is 1160. The number of aryl methyl sites for hydroxylation is 1. The van der Waals surface area contributed by atoms with Crippen LogP contribution in [0.3, 0.4) is 0 Å². The molecule has 0 aliphatic carbocycles. The van der Waals surface area contributed by atoms with Gasteiger partial charge in [0.25, 0.3) is 11.8 Å². The highest BCUT2D eigenvalue weighted by Crippen LogP contribution is 2.29. The van der Waals surface area contributed by atoms with Gasteiger partial charge in [-0.15, -0.1) is 0 Å². The van der Waals surface area contributed by atoms with Crippen molar-refractivity contribution in [1.82, 2.24) is 10.2 Å². The molecule has 0 aliphatic rings. The molecule has 0 bridgehead atoms. The molecule has 0 saturated heterocycles. The largest absolute Gasteiger partial charge is 0.497 e. The molecule has 8 nitrogen and oxygen atoms in total. The van der Waals surface area contributed by atoms with Crippen molar-refractivity contribution in [2.24, 2.45) is 5.92 Å². The van der Waals surface area contributed by atoms with Crippen molar-refractivity contribution in [2.75, 3.05) is 12.4 Å². The number of nitrogens with one attached hydrogen (secondary N) is 2. The van der Waals surface area contributed by atoms with Crippen LogP contribution in [0, 0.1) is 32.2 Å². The Hall–Kier alpha value is -3.99. The van der Waals surface area contributed by atoms with E-state index in [9.17, 15) is 14.4 Å². The number of carbonyl (C=O) groups excluding carboxylic acids is 3. The SMILES string of the molecule is C#CN(C(=O)C(NC(=O)OC(C)(C)C)C(C)C)C(C(=O)Nc1ccc(OC)cc1)c1cccc(C)c1C. The predicted molar refractivity (Wildman–Crippen MR) is 144 cm³/mol. The van der Waals surface area contributed by atoms with Crippen LogP contribution in [0.4, 0.5) is 10.5 Å². The molecule has 3 amide bonds. The molecule has 198 valence electrons. The predicted octanol–water partition coefficient (Wildman–Crippen LogP) is 4.96. The average molecular weight is 508 g/mol. The molecule has 0 radical (unpaired) electrons. The fraction of sp³-hybridized carbons (Fsp3) is 0.414. The van der Waals surface area contributed by atoms with Crippen molar-refractivity contribution in [3.05, 3.63) is 59.2 Å². The van der Waals surface area contributed by atoms with Gasteiger partial charge in [-0.05, 0) is 81.5 Å². The van der Waals surface area contributed by atoms with Crippen LogP contribution >= 0.6 is 0 Å². The number of methoxy groups -OCH3 is 1. The van der Waals surface area contributed by atoms with Gasteiger partial charge in [-0.3, -0.25) is 14.5 Å². The summed E-state index contributed by atoms with van der Waals surface area (Å²) in [7, 11) is 1.55. The van der Waals surface area contributed by atoms with E-state index in [2.05, 4.69) is 16.7 Å². The maximum Gasteiger partial charge on any atom is 0.408 e. The first-order chi connectivity index (χ1) is 17.3. The molecule has 2 aromatic carbocycles. The summed E-state index contributed by atoms with van der Waals surface area (Å²) in [6, 6.07) is 12.5. The maximum atomic E-state index is 13.8. The molecule has 8 heteroatoms. The quantitative estimate of drug-likeness (QED) is 0.389. The Morgan fingerprint density at radius 3 is 2.16 bits per heavy atom. The van der Waals surface area contributed by atoms with E-state index in [1.54, 1.807) is 72.1 Å². The second-order valence-corrected chi connectivity index (χ2v) is 10.1. The van der Waals surface area contributed by atoms with Crippen molar-refractivity contribution in [3.8, 4) is 18.2 Å². The van der Waals surface area contributed by atoms with E-state index in [-0.39, 0.29) is 5.92 Å². The zero-order chi connectivity index (χ0) is 27.9. The van der Waals surface area contributed by atoms with Crippen molar-refractivity contribution in [2.45, 2.75) is 66.2 Å². The second-order valence-electron chi connectivity index (χ2n) is 10.1. The molecular formula is C29H37N3O5. The highest BCUT2D eigenvalue weighted by Gasteiger charge is 2.38. The normalized spacial score (nSPS) is 12.6. The van der Waals surface area contributed by atoms with Crippen molar-refractivity contribution in [3.63, 3.8) is 0 Å². The first kappa shape index (κ1) is 29.2. The number of amides is 3. The first-order valence-corrected chi connectivity index (χ1v) is 12.1. The van der Waals surface area contributed by atoms with Gasteiger partial charge < -0.3 is 20.1 Å². The first-order valence-electron chi connectivity index (χ1n) is 12.1. The zero-order valence-corrected chi connectivity index (χ0v) is 22.8. The molecule has 2 unspecified atom stereocenters. The highest BCUT2D eigenvalue weighted by atomic mass is 16.6. The van der Waals surface area contributed by atoms with Crippen molar-refractivity contribution < 1.29 is 23.9 Å². The molecule has 0 fully saturated rings. The molecule has 0 spiro atoms. The summed E-state index contributed by atoms with van der Waals surface area (Å²) in [6.45, 7) is 12.5. The fourth-order valence-electron chi connectivity index (χ4n) is 3.72. The maximum absolute atomic E-state index is 13.8. The van der Waals surface area contributed by atoms with Gasteiger partial charge in [-0.1, -0.05) is 38.5 Å². The third-order valence-corrected chi connectivity index (χ3v) is 5.79. The Labute approximate surface area is 219 Å². The summed E-state index contributed by atoms with van der Waals surface area (Å²) in [6.07, 6.45) is 5.11. The van der Waals surface area contributed by atoms with E-state index >= 15 is 0 Å². The number of ether oxygens (including phenoxy) is 2. The van der Waals surface area contributed by atoms with Gasteiger partial charge in [0.2, 0.25) is 0 Å². The summed E-state index contributed by atoms with van der Waals surface area (Å²) < 4.78 is 10.5. The minimum absolute atomic E-state index is 0.334. The lowest BCUT2D eigenvalue weighted by Crippen LogP contribution is -2.53. The number of nitrogens with zero attached hydrogens (tertiary/aromatic N) is 1. The van der Waals surface area contributed by atoms with Crippen LogP contribution in [0.15, 0.2) is 42.5 Å². The van der Waals surface area contributed by atoms with Crippen molar-refractivity contribution in [1.29, 1.82) is 0 Å². The van der Waals surface area contributed by atoms with Crippen LogP contribution in [0.2, 0.25) is 0 Å². The molecule has 0 aromatic heterocycles. The number of hydrogen-bond donors (Lipinski definition) is 2. The molecule has 2 aromatic rings. The molecule has 0 heterocycles. The van der Waals surface area contributed by atoms with Gasteiger partial charge in [-0.25, -0.2) is 4.79 Å². The van der Waals surface area contributed by atoms with Gasteiger partial charge in [-0.2, -0.15) is 0 Å². The van der Waals surface area contributed by atoms with Crippen LogP contribution in [-0.2, 0) is 14.3 Å². The molecule has 37 heavy (non-hydrogen) atoms. The number of anilines is 1. The summed E-state index contributed by atoms with van der Waals surface area (Å²) >= 11 is 0. The standard InChI is InChI=1S/C29H37N3O5/c1-10-32(27(34)24(18(2)3)31-28(35)37-29(6,7)8)25(23-13-11-12-19(4)20(23)5)26(33)30-21-14-16-22(36-9)17-15-21/h1,11-18,24-25H,2-9H3,(H,30,33)(H,31,35). The molecular weight excluding hydrogens is 470 g/mol. The molecule has 0 saturated carbocycles. The van der Waals surface area contributed by atoms with Crippen LogP contribution in [0.5, 0.6) is 5.75 Å². The van der Waals surface area contributed by atoms with Crippen LogP contribution in [0.25, 0.3) is 0 Å². The third kappa shape index (κ3) is 7.74.